The minimum absolute atomic E-state index is 0.0858. The molecule has 0 aliphatic carbocycles. The summed E-state index contributed by atoms with van der Waals surface area (Å²) < 4.78 is 27.2. The average Bonchev–Trinajstić information content (AvgIpc) is 2.69. The van der Waals surface area contributed by atoms with Crippen LogP contribution in [0.25, 0.3) is 0 Å². The number of benzene rings is 2. The zero-order valence-corrected chi connectivity index (χ0v) is 19.3. The van der Waals surface area contributed by atoms with Crippen LogP contribution < -0.4 is 5.32 Å². The van der Waals surface area contributed by atoms with Crippen LogP contribution in [0, 0.1) is 19.8 Å². The highest BCUT2D eigenvalue weighted by Crippen LogP contribution is 2.24. The molecule has 1 fully saturated rings. The van der Waals surface area contributed by atoms with Gasteiger partial charge in [0.25, 0.3) is 0 Å². The molecule has 0 unspecified atom stereocenters. The maximum absolute atomic E-state index is 12.9. The molecule has 0 radical (unpaired) electrons. The van der Waals surface area contributed by atoms with Crippen LogP contribution in [0.15, 0.2) is 42.5 Å². The smallest absolute Gasteiger partial charge is 0.224 e. The quantitative estimate of drug-likeness (QED) is 0.713. The largest absolute Gasteiger partial charge is 0.349 e. The van der Waals surface area contributed by atoms with Crippen LogP contribution >= 0.6 is 11.6 Å². The van der Waals surface area contributed by atoms with Crippen LogP contribution in [0.4, 0.5) is 0 Å². The molecule has 5 nitrogen and oxygen atoms in total. The lowest BCUT2D eigenvalue weighted by atomic mass is 9.96. The maximum Gasteiger partial charge on any atom is 0.224 e. The number of hydrogen-bond donors (Lipinski definition) is 1. The molecule has 2 atom stereocenters. The first-order valence-electron chi connectivity index (χ1n) is 10.3. The van der Waals surface area contributed by atoms with E-state index in [-0.39, 0.29) is 30.2 Å². The van der Waals surface area contributed by atoms with Gasteiger partial charge in [-0.05, 0) is 62.4 Å². The molecule has 0 saturated carbocycles. The number of amides is 1. The van der Waals surface area contributed by atoms with Gasteiger partial charge in [0.05, 0.1) is 17.7 Å². The van der Waals surface area contributed by atoms with Crippen molar-refractivity contribution < 1.29 is 13.2 Å². The molecule has 1 saturated heterocycles. The molecule has 1 aliphatic rings. The van der Waals surface area contributed by atoms with Crippen molar-refractivity contribution in [2.75, 3.05) is 13.1 Å². The summed E-state index contributed by atoms with van der Waals surface area (Å²) in [5, 5.41) is 3.65. The van der Waals surface area contributed by atoms with Crippen molar-refractivity contribution in [1.82, 2.24) is 9.62 Å². The Morgan fingerprint density at radius 3 is 2.57 bits per heavy atom. The van der Waals surface area contributed by atoms with Gasteiger partial charge in [-0.2, -0.15) is 0 Å². The molecular formula is C23H29ClN2O3S. The van der Waals surface area contributed by atoms with Crippen LogP contribution in [0.3, 0.4) is 0 Å². The summed E-state index contributed by atoms with van der Waals surface area (Å²) in [6.45, 7) is 6.72. The second kappa shape index (κ2) is 9.50. The number of halogens is 1. The van der Waals surface area contributed by atoms with Crippen LogP contribution in [0.2, 0.25) is 5.02 Å². The number of aryl methyl sites for hydroxylation is 2. The fraction of sp³-hybridized carbons (Fsp3) is 0.435. The highest BCUT2D eigenvalue weighted by Gasteiger charge is 2.33. The highest BCUT2D eigenvalue weighted by molar-refractivity contribution is 7.88. The predicted molar refractivity (Wildman–Crippen MR) is 121 cm³/mol. The molecule has 7 heteroatoms. The molecule has 0 aromatic heterocycles. The summed E-state index contributed by atoms with van der Waals surface area (Å²) in [6.07, 6.45) is 1.37. The number of carbonyl (C=O) groups excluding carboxylic acids is 1. The van der Waals surface area contributed by atoms with E-state index in [1.165, 1.54) is 9.87 Å². The van der Waals surface area contributed by atoms with Gasteiger partial charge in [-0.3, -0.25) is 4.79 Å². The summed E-state index contributed by atoms with van der Waals surface area (Å²) >= 11 is 5.88. The Balaban J connectivity index is 1.64. The maximum atomic E-state index is 12.9. The van der Waals surface area contributed by atoms with Crippen molar-refractivity contribution in [2.24, 2.45) is 5.92 Å². The van der Waals surface area contributed by atoms with E-state index in [4.69, 9.17) is 11.6 Å². The summed E-state index contributed by atoms with van der Waals surface area (Å²) in [6, 6.07) is 12.9. The number of nitrogens with one attached hydrogen (secondary N) is 1. The van der Waals surface area contributed by atoms with Gasteiger partial charge < -0.3 is 5.32 Å². The molecule has 2 aromatic carbocycles. The molecular weight excluding hydrogens is 420 g/mol. The SMILES string of the molecule is Cc1ccc([C@@H](C)NC(=O)[C@H]2CCCN(S(=O)(=O)Cc3ccc(Cl)cc3)C2)c(C)c1. The van der Waals surface area contributed by atoms with Crippen LogP contribution in [-0.2, 0) is 20.6 Å². The molecule has 0 bridgehead atoms. The first-order chi connectivity index (χ1) is 14.2. The third-order valence-corrected chi connectivity index (χ3v) is 7.73. The monoisotopic (exact) mass is 448 g/mol. The average molecular weight is 449 g/mol. The van der Waals surface area contributed by atoms with Crippen LogP contribution in [0.5, 0.6) is 0 Å². The van der Waals surface area contributed by atoms with E-state index in [1.807, 2.05) is 32.9 Å². The molecule has 1 N–H and O–H groups in total. The first kappa shape index (κ1) is 22.8. The summed E-state index contributed by atoms with van der Waals surface area (Å²) in [4.78, 5) is 12.9. The molecule has 2 aromatic rings. The predicted octanol–water partition coefficient (Wildman–Crippen LogP) is 4.38. The Kier molecular flexibility index (Phi) is 7.22. The lowest BCUT2D eigenvalue weighted by Crippen LogP contribution is -2.46. The lowest BCUT2D eigenvalue weighted by molar-refractivity contribution is -0.126. The highest BCUT2D eigenvalue weighted by atomic mass is 35.5. The first-order valence-corrected chi connectivity index (χ1v) is 12.2. The standard InChI is InChI=1S/C23H29ClN2O3S/c1-16-6-11-22(17(2)13-16)18(3)25-23(27)20-5-4-12-26(14-20)30(28,29)15-19-7-9-21(24)10-8-19/h6-11,13,18,20H,4-5,12,14-15H2,1-3H3,(H,25,27)/t18-,20+/m1/s1. The minimum Gasteiger partial charge on any atom is -0.349 e. The second-order valence-electron chi connectivity index (χ2n) is 8.17. The lowest BCUT2D eigenvalue weighted by Gasteiger charge is -2.32. The van der Waals surface area contributed by atoms with E-state index in [0.29, 0.717) is 30.0 Å². The van der Waals surface area contributed by atoms with Crippen molar-refractivity contribution in [2.45, 2.75) is 45.4 Å². The minimum atomic E-state index is -3.50. The Morgan fingerprint density at radius 2 is 1.90 bits per heavy atom. The number of sulfonamides is 1. The number of piperidine rings is 1. The summed E-state index contributed by atoms with van der Waals surface area (Å²) in [5.74, 6) is -0.516. The Hall–Kier alpha value is -1.89. The van der Waals surface area contributed by atoms with Crippen molar-refractivity contribution in [1.29, 1.82) is 0 Å². The van der Waals surface area contributed by atoms with Gasteiger partial charge in [-0.1, -0.05) is 47.5 Å². The molecule has 1 amide bonds. The van der Waals surface area contributed by atoms with E-state index < -0.39 is 10.0 Å². The normalized spacial score (nSPS) is 18.7. The summed E-state index contributed by atoms with van der Waals surface area (Å²) in [7, 11) is -3.50. The topological polar surface area (TPSA) is 66.5 Å². The van der Waals surface area contributed by atoms with Crippen molar-refractivity contribution in [3.63, 3.8) is 0 Å². The molecule has 162 valence electrons. The number of hydrogen-bond acceptors (Lipinski definition) is 3. The zero-order chi connectivity index (χ0) is 21.9. The number of carbonyl (C=O) groups is 1. The van der Waals surface area contributed by atoms with Gasteiger partial charge in [0.2, 0.25) is 15.9 Å². The molecule has 1 heterocycles. The van der Waals surface area contributed by atoms with E-state index in [1.54, 1.807) is 24.3 Å². The molecule has 1 aliphatic heterocycles. The van der Waals surface area contributed by atoms with Crippen molar-refractivity contribution in [3.05, 3.63) is 69.7 Å². The van der Waals surface area contributed by atoms with Crippen molar-refractivity contribution >= 4 is 27.5 Å². The summed E-state index contributed by atoms with van der Waals surface area (Å²) in [5.41, 5.74) is 4.09. The zero-order valence-electron chi connectivity index (χ0n) is 17.7. The van der Waals surface area contributed by atoms with E-state index in [0.717, 1.165) is 11.1 Å². The fourth-order valence-electron chi connectivity index (χ4n) is 4.01. The van der Waals surface area contributed by atoms with E-state index >= 15 is 0 Å². The number of nitrogens with zero attached hydrogens (tertiary/aromatic N) is 1. The third-order valence-electron chi connectivity index (χ3n) is 5.66. The van der Waals surface area contributed by atoms with Gasteiger partial charge >= 0.3 is 0 Å². The third kappa shape index (κ3) is 5.62. The number of rotatable bonds is 6. The second-order valence-corrected chi connectivity index (χ2v) is 10.6. The Labute approximate surface area is 184 Å². The fourth-order valence-corrected chi connectivity index (χ4v) is 5.75. The molecule has 30 heavy (non-hydrogen) atoms. The van der Waals surface area contributed by atoms with Gasteiger partial charge in [0.15, 0.2) is 0 Å². The molecule has 3 rings (SSSR count). The van der Waals surface area contributed by atoms with Crippen molar-refractivity contribution in [3.8, 4) is 0 Å². The Bertz CT molecular complexity index is 1010. The van der Waals surface area contributed by atoms with Gasteiger partial charge in [-0.25, -0.2) is 12.7 Å². The Morgan fingerprint density at radius 1 is 1.20 bits per heavy atom. The molecule has 0 spiro atoms. The van der Waals surface area contributed by atoms with E-state index in [9.17, 15) is 13.2 Å². The van der Waals surface area contributed by atoms with Gasteiger partial charge in [0.1, 0.15) is 0 Å². The van der Waals surface area contributed by atoms with Gasteiger partial charge in [-0.15, -0.1) is 0 Å². The van der Waals surface area contributed by atoms with E-state index in [2.05, 4.69) is 11.4 Å². The van der Waals surface area contributed by atoms with Crippen LogP contribution in [-0.4, -0.2) is 31.7 Å². The van der Waals surface area contributed by atoms with Gasteiger partial charge in [0, 0.05) is 18.1 Å². The van der Waals surface area contributed by atoms with Crippen LogP contribution in [0.1, 0.15) is 48.1 Å².